The second-order valence-electron chi connectivity index (χ2n) is 6.75. The average molecular weight is 348 g/mol. The lowest BCUT2D eigenvalue weighted by molar-refractivity contribution is -0.301. The Hall–Kier alpha value is -0.240. The Morgan fingerprint density at radius 1 is 0.750 bits per heavy atom. The fourth-order valence-corrected chi connectivity index (χ4v) is 2.99. The molecule has 1 rings (SSSR count). The normalized spacial score (nSPS) is 30.6. The van der Waals surface area contributed by atoms with E-state index in [0.29, 0.717) is 6.61 Å². The van der Waals surface area contributed by atoms with Crippen LogP contribution in [-0.4, -0.2) is 64.3 Å². The molecule has 0 aromatic carbocycles. The van der Waals surface area contributed by atoms with E-state index in [2.05, 4.69) is 6.92 Å². The van der Waals surface area contributed by atoms with Gasteiger partial charge in [-0.25, -0.2) is 0 Å². The van der Waals surface area contributed by atoms with Gasteiger partial charge in [0.05, 0.1) is 6.61 Å². The van der Waals surface area contributed by atoms with Gasteiger partial charge in [0.15, 0.2) is 6.29 Å². The van der Waals surface area contributed by atoms with Gasteiger partial charge in [-0.05, 0) is 6.42 Å². The predicted molar refractivity (Wildman–Crippen MR) is 91.6 cm³/mol. The van der Waals surface area contributed by atoms with E-state index in [4.69, 9.17) is 14.6 Å². The van der Waals surface area contributed by atoms with Crippen molar-refractivity contribution in [3.05, 3.63) is 0 Å². The monoisotopic (exact) mass is 348 g/mol. The van der Waals surface area contributed by atoms with Crippen molar-refractivity contribution in [3.63, 3.8) is 0 Å². The van der Waals surface area contributed by atoms with Gasteiger partial charge in [-0.2, -0.15) is 0 Å². The van der Waals surface area contributed by atoms with Crippen molar-refractivity contribution in [2.24, 2.45) is 0 Å². The molecule has 1 aliphatic heterocycles. The molecule has 0 aromatic heterocycles. The zero-order chi connectivity index (χ0) is 17.8. The van der Waals surface area contributed by atoms with Gasteiger partial charge in [0.1, 0.15) is 24.4 Å². The molecule has 1 unspecified atom stereocenters. The van der Waals surface area contributed by atoms with Gasteiger partial charge in [0.25, 0.3) is 0 Å². The van der Waals surface area contributed by atoms with E-state index in [-0.39, 0.29) is 0 Å². The van der Waals surface area contributed by atoms with Crippen LogP contribution in [-0.2, 0) is 9.47 Å². The Bertz CT molecular complexity index is 299. The van der Waals surface area contributed by atoms with Crippen molar-refractivity contribution in [2.75, 3.05) is 13.2 Å². The molecule has 144 valence electrons. The first-order valence-electron chi connectivity index (χ1n) is 9.54. The lowest BCUT2D eigenvalue weighted by Crippen LogP contribution is -2.59. The second-order valence-corrected chi connectivity index (χ2v) is 6.75. The molecule has 1 saturated heterocycles. The molecule has 5 atom stereocenters. The SMILES string of the molecule is CCCCCCCCCCCCOC1O[C@H](CO)[C@@H](O)[C@H](O)[C@@H]1O. The van der Waals surface area contributed by atoms with Crippen LogP contribution in [0.25, 0.3) is 0 Å². The van der Waals surface area contributed by atoms with E-state index in [1.807, 2.05) is 0 Å². The Morgan fingerprint density at radius 2 is 1.29 bits per heavy atom. The van der Waals surface area contributed by atoms with Crippen molar-refractivity contribution in [1.29, 1.82) is 0 Å². The molecule has 0 bridgehead atoms. The molecule has 24 heavy (non-hydrogen) atoms. The summed E-state index contributed by atoms with van der Waals surface area (Å²) in [6.07, 6.45) is 6.37. The van der Waals surface area contributed by atoms with Crippen LogP contribution in [0.5, 0.6) is 0 Å². The fourth-order valence-electron chi connectivity index (χ4n) is 2.99. The molecule has 4 N–H and O–H groups in total. The van der Waals surface area contributed by atoms with Crippen molar-refractivity contribution < 1.29 is 29.9 Å². The Balaban J connectivity index is 2.02. The minimum atomic E-state index is -1.37. The Morgan fingerprint density at radius 3 is 1.83 bits per heavy atom. The maximum atomic E-state index is 9.84. The number of hydrogen-bond donors (Lipinski definition) is 4. The summed E-state index contributed by atoms with van der Waals surface area (Å²) in [5.74, 6) is 0. The van der Waals surface area contributed by atoms with Crippen LogP contribution in [0.15, 0.2) is 0 Å². The molecular formula is C18H36O6. The summed E-state index contributed by atoms with van der Waals surface area (Å²) in [5.41, 5.74) is 0. The van der Waals surface area contributed by atoms with Gasteiger partial charge < -0.3 is 29.9 Å². The highest BCUT2D eigenvalue weighted by atomic mass is 16.7. The topological polar surface area (TPSA) is 99.4 Å². The number of aliphatic hydroxyl groups excluding tert-OH is 4. The van der Waals surface area contributed by atoms with Crippen LogP contribution < -0.4 is 0 Å². The summed E-state index contributed by atoms with van der Waals surface area (Å²) in [6, 6.07) is 0. The van der Waals surface area contributed by atoms with E-state index >= 15 is 0 Å². The summed E-state index contributed by atoms with van der Waals surface area (Å²) in [5, 5.41) is 38.3. The van der Waals surface area contributed by atoms with Gasteiger partial charge in [-0.15, -0.1) is 0 Å². The molecule has 6 nitrogen and oxygen atoms in total. The van der Waals surface area contributed by atoms with Crippen molar-refractivity contribution in [3.8, 4) is 0 Å². The molecule has 1 fully saturated rings. The molecule has 0 saturated carbocycles. The molecule has 0 aromatic rings. The summed E-state index contributed by atoms with van der Waals surface area (Å²) in [6.45, 7) is 2.23. The molecule has 1 heterocycles. The summed E-state index contributed by atoms with van der Waals surface area (Å²) in [4.78, 5) is 0. The van der Waals surface area contributed by atoms with Crippen molar-refractivity contribution >= 4 is 0 Å². The first-order valence-corrected chi connectivity index (χ1v) is 9.54. The predicted octanol–water partition coefficient (Wildman–Crippen LogP) is 1.72. The summed E-state index contributed by atoms with van der Waals surface area (Å²) in [7, 11) is 0. The third-order valence-corrected chi connectivity index (χ3v) is 4.63. The number of unbranched alkanes of at least 4 members (excludes halogenated alkanes) is 9. The second kappa shape index (κ2) is 13.0. The highest BCUT2D eigenvalue weighted by Gasteiger charge is 2.43. The van der Waals surface area contributed by atoms with Crippen molar-refractivity contribution in [1.82, 2.24) is 0 Å². The van der Waals surface area contributed by atoms with Crippen LogP contribution in [0.4, 0.5) is 0 Å². The fraction of sp³-hybridized carbons (Fsp3) is 1.00. The van der Waals surface area contributed by atoms with Crippen LogP contribution >= 0.6 is 0 Å². The lowest BCUT2D eigenvalue weighted by Gasteiger charge is -2.39. The maximum absolute atomic E-state index is 9.84. The van der Waals surface area contributed by atoms with Gasteiger partial charge in [0, 0.05) is 6.61 Å². The van der Waals surface area contributed by atoms with E-state index in [1.54, 1.807) is 0 Å². The largest absolute Gasteiger partial charge is 0.394 e. The van der Waals surface area contributed by atoms with E-state index < -0.39 is 37.3 Å². The first kappa shape index (κ1) is 21.8. The molecular weight excluding hydrogens is 312 g/mol. The summed E-state index contributed by atoms with van der Waals surface area (Å²) >= 11 is 0. The van der Waals surface area contributed by atoms with Gasteiger partial charge in [-0.1, -0.05) is 64.7 Å². The van der Waals surface area contributed by atoms with E-state index in [9.17, 15) is 15.3 Å². The molecule has 0 radical (unpaired) electrons. The number of ether oxygens (including phenoxy) is 2. The standard InChI is InChI=1S/C18H36O6/c1-2-3-4-5-6-7-8-9-10-11-12-23-18-17(22)16(21)15(20)14(13-19)24-18/h14-22H,2-13H2,1H3/t14-,15-,16+,17+,18?/m1/s1. The van der Waals surface area contributed by atoms with Crippen LogP contribution in [0.2, 0.25) is 0 Å². The number of rotatable bonds is 13. The average Bonchev–Trinajstić information content (AvgIpc) is 2.59. The zero-order valence-electron chi connectivity index (χ0n) is 15.0. The third-order valence-electron chi connectivity index (χ3n) is 4.63. The number of hydrogen-bond acceptors (Lipinski definition) is 6. The van der Waals surface area contributed by atoms with E-state index in [0.717, 1.165) is 12.8 Å². The third kappa shape index (κ3) is 7.76. The number of aliphatic hydroxyl groups is 4. The minimum absolute atomic E-state index is 0.428. The van der Waals surface area contributed by atoms with Crippen LogP contribution in [0.1, 0.15) is 71.1 Å². The highest BCUT2D eigenvalue weighted by molar-refractivity contribution is 4.88. The van der Waals surface area contributed by atoms with Gasteiger partial charge in [0.2, 0.25) is 0 Å². The molecule has 1 aliphatic rings. The Labute approximate surface area is 145 Å². The highest BCUT2D eigenvalue weighted by Crippen LogP contribution is 2.22. The lowest BCUT2D eigenvalue weighted by atomic mass is 9.99. The van der Waals surface area contributed by atoms with Gasteiger partial charge in [-0.3, -0.25) is 0 Å². The van der Waals surface area contributed by atoms with Crippen LogP contribution in [0, 0.1) is 0 Å². The quantitative estimate of drug-likeness (QED) is 0.378. The Kier molecular flexibility index (Phi) is 11.8. The van der Waals surface area contributed by atoms with E-state index in [1.165, 1.54) is 51.4 Å². The molecule has 0 spiro atoms. The van der Waals surface area contributed by atoms with Crippen molar-refractivity contribution in [2.45, 2.75) is 102 Å². The maximum Gasteiger partial charge on any atom is 0.186 e. The summed E-state index contributed by atoms with van der Waals surface area (Å²) < 4.78 is 10.8. The van der Waals surface area contributed by atoms with Gasteiger partial charge >= 0.3 is 0 Å². The van der Waals surface area contributed by atoms with Crippen LogP contribution in [0.3, 0.4) is 0 Å². The smallest absolute Gasteiger partial charge is 0.186 e. The molecule has 0 aliphatic carbocycles. The molecule has 0 amide bonds. The first-order chi connectivity index (χ1) is 11.6. The molecule has 6 heteroatoms. The zero-order valence-corrected chi connectivity index (χ0v) is 15.0. The minimum Gasteiger partial charge on any atom is -0.394 e.